The van der Waals surface area contributed by atoms with Crippen molar-refractivity contribution in [1.82, 2.24) is 5.32 Å². The zero-order valence-corrected chi connectivity index (χ0v) is 13.0. The summed E-state index contributed by atoms with van der Waals surface area (Å²) in [6.07, 6.45) is 0. The van der Waals surface area contributed by atoms with Gasteiger partial charge in [-0.15, -0.1) is 0 Å². The highest BCUT2D eigenvalue weighted by molar-refractivity contribution is 6.31. The number of rotatable bonds is 2. The molecule has 0 aromatic heterocycles. The van der Waals surface area contributed by atoms with Crippen molar-refractivity contribution >= 4 is 29.5 Å². The van der Waals surface area contributed by atoms with Gasteiger partial charge in [-0.2, -0.15) is 0 Å². The van der Waals surface area contributed by atoms with Crippen molar-refractivity contribution in [2.24, 2.45) is 5.73 Å². The highest BCUT2D eigenvalue weighted by Gasteiger charge is 2.32. The van der Waals surface area contributed by atoms with Crippen LogP contribution in [0, 0.1) is 0 Å². The number of nitrogens with zero attached hydrogens (tertiary/aromatic N) is 1. The minimum atomic E-state index is -1.82. The number of halogens is 1. The van der Waals surface area contributed by atoms with Crippen molar-refractivity contribution in [1.29, 1.82) is 0 Å². The first kappa shape index (κ1) is 17.8. The Hall–Kier alpha value is -2.28. The summed E-state index contributed by atoms with van der Waals surface area (Å²) in [7, 11) is 0. The first-order chi connectivity index (χ1) is 10.3. The summed E-state index contributed by atoms with van der Waals surface area (Å²) in [5, 5.41) is 18.8. The molecule has 1 atom stereocenters. The van der Waals surface area contributed by atoms with Gasteiger partial charge < -0.3 is 10.2 Å². The fraction of sp³-hybridized carbons (Fsp3) is 0.357. The van der Waals surface area contributed by atoms with Crippen LogP contribution in [-0.2, 0) is 9.59 Å². The van der Waals surface area contributed by atoms with E-state index < -0.39 is 11.9 Å². The van der Waals surface area contributed by atoms with E-state index in [9.17, 15) is 0 Å². The lowest BCUT2D eigenvalue weighted by atomic mass is 10.1. The van der Waals surface area contributed by atoms with Crippen molar-refractivity contribution in [2.75, 3.05) is 6.54 Å². The molecule has 7 nitrogen and oxygen atoms in total. The van der Waals surface area contributed by atoms with Crippen LogP contribution in [0.2, 0.25) is 5.02 Å². The highest BCUT2D eigenvalue weighted by Crippen LogP contribution is 2.27. The first-order valence-corrected chi connectivity index (χ1v) is 6.98. The molecular weight excluding hydrogens is 310 g/mol. The Morgan fingerprint density at radius 1 is 1.32 bits per heavy atom. The molecule has 120 valence electrons. The lowest BCUT2D eigenvalue weighted by molar-refractivity contribution is -0.591. The SMILES string of the molecule is CC(C)[N+]1=C(N)NCC1c1ccccc1Cl.O=C(O)C(=O)O. The molecule has 8 heteroatoms. The van der Waals surface area contributed by atoms with Gasteiger partial charge in [0.2, 0.25) is 0 Å². The van der Waals surface area contributed by atoms with Crippen molar-refractivity contribution in [3.8, 4) is 0 Å². The van der Waals surface area contributed by atoms with E-state index in [1.54, 1.807) is 0 Å². The summed E-state index contributed by atoms with van der Waals surface area (Å²) in [5.74, 6) is -2.91. The molecule has 1 aliphatic rings. The number of benzene rings is 1. The molecule has 1 aliphatic heterocycles. The summed E-state index contributed by atoms with van der Waals surface area (Å²) >= 11 is 6.22. The Bertz CT molecular complexity index is 590. The van der Waals surface area contributed by atoms with Crippen molar-refractivity contribution in [3.05, 3.63) is 34.9 Å². The molecule has 0 saturated carbocycles. The lowest BCUT2D eigenvalue weighted by Gasteiger charge is -2.18. The summed E-state index contributed by atoms with van der Waals surface area (Å²) < 4.78 is 2.17. The second kappa shape index (κ2) is 7.65. The molecule has 1 heterocycles. The molecule has 0 saturated heterocycles. The van der Waals surface area contributed by atoms with Crippen LogP contribution in [0.25, 0.3) is 0 Å². The molecule has 0 bridgehead atoms. The normalized spacial score (nSPS) is 16.8. The van der Waals surface area contributed by atoms with E-state index in [0.29, 0.717) is 6.04 Å². The third-order valence-electron chi connectivity index (χ3n) is 3.09. The van der Waals surface area contributed by atoms with Gasteiger partial charge in [-0.25, -0.2) is 9.59 Å². The van der Waals surface area contributed by atoms with Gasteiger partial charge >= 0.3 is 17.9 Å². The number of nitrogens with two attached hydrogens (primary N) is 1. The average molecular weight is 329 g/mol. The van der Waals surface area contributed by atoms with Gasteiger partial charge in [0.25, 0.3) is 0 Å². The van der Waals surface area contributed by atoms with Gasteiger partial charge in [0.1, 0.15) is 12.6 Å². The predicted octanol–water partition coefficient (Wildman–Crippen LogP) is 0.875. The number of hydrogen-bond acceptors (Lipinski definition) is 4. The number of guanidine groups is 1. The molecule has 22 heavy (non-hydrogen) atoms. The van der Waals surface area contributed by atoms with Crippen LogP contribution in [0.1, 0.15) is 25.5 Å². The standard InChI is InChI=1S/C12H16ClN3.C2H2O4/c1-8(2)16-11(7-15-12(16)14)9-5-3-4-6-10(9)13;3-1(4)2(5)6/h3-6,8,11H,7H2,1-2H3,(H2,14,15);(H,3,4)(H,5,6)/p+1. The molecule has 0 fully saturated rings. The van der Waals surface area contributed by atoms with E-state index in [0.717, 1.165) is 23.1 Å². The van der Waals surface area contributed by atoms with E-state index in [-0.39, 0.29) is 6.04 Å². The Labute approximate surface area is 133 Å². The summed E-state index contributed by atoms with van der Waals surface area (Å²) in [4.78, 5) is 18.2. The van der Waals surface area contributed by atoms with E-state index in [4.69, 9.17) is 37.1 Å². The smallest absolute Gasteiger partial charge is 0.414 e. The van der Waals surface area contributed by atoms with Gasteiger partial charge in [-0.1, -0.05) is 29.8 Å². The monoisotopic (exact) mass is 328 g/mol. The zero-order valence-electron chi connectivity index (χ0n) is 12.3. The predicted molar refractivity (Wildman–Crippen MR) is 82.1 cm³/mol. The molecule has 0 aliphatic carbocycles. The maximum atomic E-state index is 9.10. The molecule has 0 radical (unpaired) electrons. The lowest BCUT2D eigenvalue weighted by Crippen LogP contribution is -2.34. The van der Waals surface area contributed by atoms with Gasteiger partial charge in [-0.3, -0.25) is 15.6 Å². The van der Waals surface area contributed by atoms with Gasteiger partial charge in [0.05, 0.1) is 6.04 Å². The zero-order chi connectivity index (χ0) is 16.9. The van der Waals surface area contributed by atoms with Gasteiger partial charge in [-0.05, 0) is 19.9 Å². The number of nitrogens with one attached hydrogen (secondary N) is 1. The molecule has 2 rings (SSSR count). The Morgan fingerprint density at radius 2 is 1.86 bits per heavy atom. The van der Waals surface area contributed by atoms with Crippen LogP contribution in [0.5, 0.6) is 0 Å². The fourth-order valence-corrected chi connectivity index (χ4v) is 2.46. The van der Waals surface area contributed by atoms with Crippen molar-refractivity contribution < 1.29 is 24.4 Å². The number of hydrogen-bond donors (Lipinski definition) is 4. The minimum absolute atomic E-state index is 0.230. The number of carboxylic acids is 2. The molecule has 0 amide bonds. The number of carboxylic acid groups (broad SMARTS) is 2. The molecule has 1 aromatic carbocycles. The molecule has 0 spiro atoms. The average Bonchev–Trinajstić information content (AvgIpc) is 2.81. The minimum Gasteiger partial charge on any atom is -0.473 e. The second-order valence-electron chi connectivity index (χ2n) is 4.91. The molecule has 1 aromatic rings. The second-order valence-corrected chi connectivity index (χ2v) is 5.32. The third-order valence-corrected chi connectivity index (χ3v) is 3.44. The van der Waals surface area contributed by atoms with E-state index in [2.05, 4.69) is 29.8 Å². The molecular formula is C14H19ClN3O4+. The van der Waals surface area contributed by atoms with Crippen LogP contribution in [0.15, 0.2) is 24.3 Å². The third kappa shape index (κ3) is 4.36. The van der Waals surface area contributed by atoms with E-state index in [1.165, 1.54) is 0 Å². The quantitative estimate of drug-likeness (QED) is 0.473. The van der Waals surface area contributed by atoms with Crippen molar-refractivity contribution in [3.63, 3.8) is 0 Å². The van der Waals surface area contributed by atoms with Crippen molar-refractivity contribution in [2.45, 2.75) is 25.9 Å². The topological polar surface area (TPSA) is 116 Å². The maximum Gasteiger partial charge on any atom is 0.414 e. The van der Waals surface area contributed by atoms with Gasteiger partial charge in [0.15, 0.2) is 0 Å². The number of aliphatic carboxylic acids is 2. The van der Waals surface area contributed by atoms with Crippen LogP contribution in [0.3, 0.4) is 0 Å². The highest BCUT2D eigenvalue weighted by atomic mass is 35.5. The van der Waals surface area contributed by atoms with E-state index in [1.807, 2.05) is 18.2 Å². The van der Waals surface area contributed by atoms with Gasteiger partial charge in [0, 0.05) is 10.6 Å². The summed E-state index contributed by atoms with van der Waals surface area (Å²) in [5.41, 5.74) is 7.08. The van der Waals surface area contributed by atoms with E-state index >= 15 is 0 Å². The molecule has 5 N–H and O–H groups in total. The van der Waals surface area contributed by atoms with Crippen LogP contribution in [-0.4, -0.2) is 45.3 Å². The maximum absolute atomic E-state index is 9.10. The Balaban J connectivity index is 0.000000346. The summed E-state index contributed by atoms with van der Waals surface area (Å²) in [6, 6.07) is 8.52. The Morgan fingerprint density at radius 3 is 2.32 bits per heavy atom. The van der Waals surface area contributed by atoms with Crippen LogP contribution < -0.4 is 11.1 Å². The number of carbonyl (C=O) groups is 2. The Kier molecular flexibility index (Phi) is 6.18. The van der Waals surface area contributed by atoms with Crippen LogP contribution in [0.4, 0.5) is 0 Å². The summed E-state index contributed by atoms with van der Waals surface area (Å²) in [6.45, 7) is 5.07. The first-order valence-electron chi connectivity index (χ1n) is 6.61. The molecule has 1 unspecified atom stereocenters. The fourth-order valence-electron chi connectivity index (χ4n) is 2.20. The largest absolute Gasteiger partial charge is 0.473 e. The van der Waals surface area contributed by atoms with Crippen LogP contribution >= 0.6 is 11.6 Å².